The van der Waals surface area contributed by atoms with E-state index in [9.17, 15) is 0 Å². The van der Waals surface area contributed by atoms with Gasteiger partial charge in [-0.05, 0) is 25.0 Å². The second-order valence-electron chi connectivity index (χ2n) is 6.61. The summed E-state index contributed by atoms with van der Waals surface area (Å²) in [6.07, 6.45) is 5.60. The van der Waals surface area contributed by atoms with Gasteiger partial charge in [0, 0.05) is 57.4 Å². The van der Waals surface area contributed by atoms with Gasteiger partial charge in [0.1, 0.15) is 0 Å². The van der Waals surface area contributed by atoms with Gasteiger partial charge >= 0.3 is 0 Å². The van der Waals surface area contributed by atoms with Crippen LogP contribution in [0.15, 0.2) is 48.0 Å². The molecule has 0 saturated heterocycles. The van der Waals surface area contributed by atoms with E-state index in [1.54, 1.807) is 13.2 Å². The fraction of sp³-hybridized carbons (Fsp3) is 0.350. The van der Waals surface area contributed by atoms with Gasteiger partial charge in [0.15, 0.2) is 5.96 Å². The number of rotatable bonds is 6. The number of aromatic nitrogens is 4. The second-order valence-corrected chi connectivity index (χ2v) is 6.61. The molecular weight excluding hydrogens is 465 g/mol. The maximum atomic E-state index is 4.46. The topological polar surface area (TPSA) is 72.1 Å². The molecule has 1 aromatic carbocycles. The minimum atomic E-state index is 0. The molecule has 3 rings (SSSR count). The molecular formula is C20H28IN7. The van der Waals surface area contributed by atoms with Gasteiger partial charge in [0.2, 0.25) is 0 Å². The maximum absolute atomic E-state index is 4.46. The molecule has 0 aliphatic carbocycles. The molecule has 150 valence electrons. The molecule has 0 aliphatic rings. The van der Waals surface area contributed by atoms with E-state index >= 15 is 0 Å². The van der Waals surface area contributed by atoms with Gasteiger partial charge in [-0.25, -0.2) is 4.98 Å². The summed E-state index contributed by atoms with van der Waals surface area (Å²) in [6.45, 7) is 6.35. The van der Waals surface area contributed by atoms with Crippen molar-refractivity contribution >= 4 is 29.9 Å². The van der Waals surface area contributed by atoms with E-state index in [0.29, 0.717) is 13.1 Å². The lowest BCUT2D eigenvalue weighted by Gasteiger charge is -2.13. The van der Waals surface area contributed by atoms with Crippen molar-refractivity contribution in [2.75, 3.05) is 7.05 Å². The molecule has 8 heteroatoms. The van der Waals surface area contributed by atoms with E-state index in [2.05, 4.69) is 61.5 Å². The fourth-order valence-electron chi connectivity index (χ4n) is 3.08. The molecule has 3 aromatic rings. The maximum Gasteiger partial charge on any atom is 0.191 e. The Balaban J connectivity index is 0.00000280. The Morgan fingerprint density at radius 3 is 2.54 bits per heavy atom. The molecule has 0 fully saturated rings. The van der Waals surface area contributed by atoms with Crippen LogP contribution < -0.4 is 10.6 Å². The van der Waals surface area contributed by atoms with Crippen molar-refractivity contribution in [2.24, 2.45) is 12.0 Å². The standard InChI is InChI=1S/C20H27N7.HI/c1-15-19(16(2)26(4)25-15)12-24-20(21-3)23-11-17-6-5-7-18(10-17)13-27-9-8-22-14-27;/h5-10,14H,11-13H2,1-4H3,(H2,21,23,24);1H. The van der Waals surface area contributed by atoms with Crippen molar-refractivity contribution in [1.82, 2.24) is 30.0 Å². The zero-order chi connectivity index (χ0) is 19.2. The summed E-state index contributed by atoms with van der Waals surface area (Å²) in [5, 5.41) is 11.2. The minimum absolute atomic E-state index is 0. The molecule has 0 atom stereocenters. The first-order valence-corrected chi connectivity index (χ1v) is 9.04. The summed E-state index contributed by atoms with van der Waals surface area (Å²) < 4.78 is 3.97. The normalized spacial score (nSPS) is 11.2. The summed E-state index contributed by atoms with van der Waals surface area (Å²) >= 11 is 0. The van der Waals surface area contributed by atoms with Gasteiger partial charge in [-0.2, -0.15) is 5.10 Å². The number of imidazole rings is 1. The lowest BCUT2D eigenvalue weighted by atomic mass is 10.1. The van der Waals surface area contributed by atoms with E-state index in [0.717, 1.165) is 18.2 Å². The van der Waals surface area contributed by atoms with E-state index in [1.807, 2.05) is 31.2 Å². The van der Waals surface area contributed by atoms with Crippen molar-refractivity contribution in [1.29, 1.82) is 0 Å². The highest BCUT2D eigenvalue weighted by molar-refractivity contribution is 14.0. The van der Waals surface area contributed by atoms with Crippen molar-refractivity contribution in [3.8, 4) is 0 Å². The van der Waals surface area contributed by atoms with Gasteiger partial charge in [0.25, 0.3) is 0 Å². The predicted molar refractivity (Wildman–Crippen MR) is 123 cm³/mol. The van der Waals surface area contributed by atoms with E-state index in [1.165, 1.54) is 22.4 Å². The predicted octanol–water partition coefficient (Wildman–Crippen LogP) is 2.76. The highest BCUT2D eigenvalue weighted by Crippen LogP contribution is 2.11. The average Bonchev–Trinajstić information content (AvgIpc) is 3.25. The molecule has 0 bridgehead atoms. The first-order chi connectivity index (χ1) is 13.1. The molecule has 28 heavy (non-hydrogen) atoms. The smallest absolute Gasteiger partial charge is 0.191 e. The molecule has 0 spiro atoms. The van der Waals surface area contributed by atoms with Crippen LogP contribution in [0.2, 0.25) is 0 Å². The Bertz CT molecular complexity index is 913. The van der Waals surface area contributed by atoms with Crippen molar-refractivity contribution < 1.29 is 0 Å². The SMILES string of the molecule is CN=C(NCc1cccc(Cn2ccnc2)c1)NCc1c(C)nn(C)c1C.I. The van der Waals surface area contributed by atoms with E-state index in [-0.39, 0.29) is 24.0 Å². The average molecular weight is 493 g/mol. The Kier molecular flexibility index (Phi) is 8.04. The first-order valence-electron chi connectivity index (χ1n) is 9.04. The quantitative estimate of drug-likeness (QED) is 0.315. The number of aliphatic imine (C=N–C) groups is 1. The van der Waals surface area contributed by atoms with E-state index in [4.69, 9.17) is 0 Å². The monoisotopic (exact) mass is 493 g/mol. The molecule has 0 unspecified atom stereocenters. The van der Waals surface area contributed by atoms with Gasteiger partial charge in [-0.3, -0.25) is 9.67 Å². The summed E-state index contributed by atoms with van der Waals surface area (Å²) in [5.41, 5.74) is 5.89. The van der Waals surface area contributed by atoms with Crippen molar-refractivity contribution in [2.45, 2.75) is 33.5 Å². The van der Waals surface area contributed by atoms with Gasteiger partial charge in [-0.1, -0.05) is 24.3 Å². The van der Waals surface area contributed by atoms with Gasteiger partial charge < -0.3 is 15.2 Å². The zero-order valence-electron chi connectivity index (χ0n) is 16.8. The van der Waals surface area contributed by atoms with Crippen LogP contribution in [0.5, 0.6) is 0 Å². The third kappa shape index (κ3) is 5.57. The van der Waals surface area contributed by atoms with Crippen LogP contribution >= 0.6 is 24.0 Å². The molecule has 0 amide bonds. The first kappa shape index (κ1) is 21.9. The molecule has 7 nitrogen and oxygen atoms in total. The summed E-state index contributed by atoms with van der Waals surface area (Å²) in [7, 11) is 3.75. The number of hydrogen-bond donors (Lipinski definition) is 2. The largest absolute Gasteiger partial charge is 0.352 e. The summed E-state index contributed by atoms with van der Waals surface area (Å²) in [6, 6.07) is 8.54. The number of hydrogen-bond acceptors (Lipinski definition) is 3. The zero-order valence-corrected chi connectivity index (χ0v) is 19.1. The second kappa shape index (κ2) is 10.3. The van der Waals surface area contributed by atoms with Crippen LogP contribution in [0.1, 0.15) is 28.1 Å². The van der Waals surface area contributed by atoms with Crippen LogP contribution in [-0.2, 0) is 26.7 Å². The lowest BCUT2D eigenvalue weighted by Crippen LogP contribution is -2.36. The number of benzene rings is 1. The summed E-state index contributed by atoms with van der Waals surface area (Å²) in [4.78, 5) is 8.41. The van der Waals surface area contributed by atoms with Crippen LogP contribution in [0.25, 0.3) is 0 Å². The van der Waals surface area contributed by atoms with Gasteiger partial charge in [0.05, 0.1) is 12.0 Å². The number of halogens is 1. The Labute approximate surface area is 183 Å². The molecule has 0 aliphatic heterocycles. The third-order valence-corrected chi connectivity index (χ3v) is 4.69. The Morgan fingerprint density at radius 1 is 1.14 bits per heavy atom. The van der Waals surface area contributed by atoms with Crippen LogP contribution in [0.3, 0.4) is 0 Å². The Morgan fingerprint density at radius 2 is 1.89 bits per heavy atom. The number of nitrogens with one attached hydrogen (secondary N) is 2. The Hall–Kier alpha value is -2.36. The molecule has 2 N–H and O–H groups in total. The number of nitrogens with zero attached hydrogens (tertiary/aromatic N) is 5. The highest BCUT2D eigenvalue weighted by Gasteiger charge is 2.09. The number of aryl methyl sites for hydroxylation is 2. The molecule has 2 aromatic heterocycles. The van der Waals surface area contributed by atoms with E-state index < -0.39 is 0 Å². The molecule has 0 saturated carbocycles. The van der Waals surface area contributed by atoms with Crippen LogP contribution in [-0.4, -0.2) is 32.3 Å². The summed E-state index contributed by atoms with van der Waals surface area (Å²) in [5.74, 6) is 0.776. The minimum Gasteiger partial charge on any atom is -0.352 e. The number of guanidine groups is 1. The van der Waals surface area contributed by atoms with Gasteiger partial charge in [-0.15, -0.1) is 24.0 Å². The highest BCUT2D eigenvalue weighted by atomic mass is 127. The molecule has 2 heterocycles. The van der Waals surface area contributed by atoms with Crippen molar-refractivity contribution in [3.05, 3.63) is 71.1 Å². The van der Waals surface area contributed by atoms with Crippen molar-refractivity contribution in [3.63, 3.8) is 0 Å². The lowest BCUT2D eigenvalue weighted by molar-refractivity contribution is 0.728. The van der Waals surface area contributed by atoms with Crippen LogP contribution in [0.4, 0.5) is 0 Å². The van der Waals surface area contributed by atoms with Crippen LogP contribution in [0, 0.1) is 13.8 Å². The third-order valence-electron chi connectivity index (χ3n) is 4.69. The molecule has 0 radical (unpaired) electrons. The fourth-order valence-corrected chi connectivity index (χ4v) is 3.08.